The Morgan fingerprint density at radius 2 is 2.38 bits per heavy atom. The molecule has 0 aromatic carbocycles. The number of carbonyl (C=O) groups is 1. The van der Waals surface area contributed by atoms with Gasteiger partial charge in [0.2, 0.25) is 0 Å². The number of oxazole rings is 1. The summed E-state index contributed by atoms with van der Waals surface area (Å²) in [7, 11) is 0. The van der Waals surface area contributed by atoms with Crippen molar-refractivity contribution in [1.29, 1.82) is 0 Å². The normalized spacial score (nSPS) is 22.2. The van der Waals surface area contributed by atoms with Crippen molar-refractivity contribution in [1.82, 2.24) is 20.2 Å². The number of aliphatic hydroxyl groups excluding tert-OH is 1. The van der Waals surface area contributed by atoms with E-state index < -0.39 is 21.7 Å². The first-order valence-corrected chi connectivity index (χ1v) is 15.9. The molecule has 1 saturated heterocycles. The Morgan fingerprint density at radius 3 is 3.21 bits per heavy atom. The van der Waals surface area contributed by atoms with Crippen LogP contribution in [-0.4, -0.2) is 81.6 Å². The van der Waals surface area contributed by atoms with Gasteiger partial charge in [0, 0.05) is 0 Å². The number of pyridine rings is 1. The topological polar surface area (TPSA) is 104 Å². The average molecular weight is 499 g/mol. The van der Waals surface area contributed by atoms with Crippen LogP contribution in [0.2, 0.25) is 0 Å². The molecule has 2 unspecified atom stereocenters. The summed E-state index contributed by atoms with van der Waals surface area (Å²) < 4.78 is 11.5. The third kappa shape index (κ3) is 5.07. The maximum absolute atomic E-state index is 12.7. The summed E-state index contributed by atoms with van der Waals surface area (Å²) in [6, 6.07) is 3.69. The summed E-state index contributed by atoms with van der Waals surface area (Å²) in [5.74, 6) is 0.598. The SMILES string of the molecule is Cc1cc(-c2nc(C(=O)N[CH]3CC=[N][In]3[CH2]N3CCCC(CO)C3)co2)ccn1. The molecule has 2 aliphatic rings. The Hall–Kier alpha value is -1.71. The predicted octanol–water partition coefficient (Wildman–Crippen LogP) is 1.39. The molecule has 0 bridgehead atoms. The first kappa shape index (κ1) is 20.6. The van der Waals surface area contributed by atoms with Gasteiger partial charge in [0.25, 0.3) is 0 Å². The van der Waals surface area contributed by atoms with E-state index >= 15 is 0 Å². The Labute approximate surface area is 178 Å². The van der Waals surface area contributed by atoms with Crippen molar-refractivity contribution in [2.24, 2.45) is 8.90 Å². The first-order chi connectivity index (χ1) is 14.1. The van der Waals surface area contributed by atoms with Crippen LogP contribution in [0, 0.1) is 12.8 Å². The molecule has 9 heteroatoms. The van der Waals surface area contributed by atoms with Gasteiger partial charge in [-0.1, -0.05) is 0 Å². The summed E-state index contributed by atoms with van der Waals surface area (Å²) in [4.78, 5) is 23.7. The van der Waals surface area contributed by atoms with E-state index in [4.69, 9.17) is 7.40 Å². The fraction of sp³-hybridized carbons (Fsp3) is 0.500. The quantitative estimate of drug-likeness (QED) is 0.623. The summed E-state index contributed by atoms with van der Waals surface area (Å²) in [5, 5.41) is 12.6. The van der Waals surface area contributed by atoms with Gasteiger partial charge >= 0.3 is 179 Å². The molecular weight excluding hydrogens is 473 g/mol. The number of piperidine rings is 1. The summed E-state index contributed by atoms with van der Waals surface area (Å²) in [6.45, 7) is 4.17. The van der Waals surface area contributed by atoms with Gasteiger partial charge in [-0.3, -0.25) is 0 Å². The molecule has 2 aromatic heterocycles. The summed E-state index contributed by atoms with van der Waals surface area (Å²) >= 11 is -2.33. The molecule has 1 fully saturated rings. The summed E-state index contributed by atoms with van der Waals surface area (Å²) in [6.07, 6.45) is 8.12. The minimum atomic E-state index is -2.33. The van der Waals surface area contributed by atoms with Crippen LogP contribution in [0.15, 0.2) is 32.0 Å². The number of aromatic nitrogens is 2. The van der Waals surface area contributed by atoms with Crippen LogP contribution in [0.3, 0.4) is 0 Å². The van der Waals surface area contributed by atoms with Crippen LogP contribution >= 0.6 is 0 Å². The van der Waals surface area contributed by atoms with Crippen molar-refractivity contribution in [3.05, 3.63) is 36.0 Å². The second-order valence-electron chi connectivity index (χ2n) is 7.89. The van der Waals surface area contributed by atoms with E-state index in [0.717, 1.165) is 47.9 Å². The van der Waals surface area contributed by atoms with Crippen LogP contribution in [0.5, 0.6) is 0 Å². The van der Waals surface area contributed by atoms with E-state index in [0.29, 0.717) is 17.5 Å². The molecule has 0 spiro atoms. The molecule has 2 aromatic rings. The van der Waals surface area contributed by atoms with Gasteiger partial charge in [0.15, 0.2) is 0 Å². The Balaban J connectivity index is 1.36. The zero-order valence-electron chi connectivity index (χ0n) is 16.6. The number of carbonyl (C=O) groups excluding carboxylic acids is 1. The van der Waals surface area contributed by atoms with Crippen LogP contribution < -0.4 is 5.32 Å². The predicted molar refractivity (Wildman–Crippen MR) is 111 cm³/mol. The van der Waals surface area contributed by atoms with Crippen LogP contribution in [-0.2, 0) is 0 Å². The van der Waals surface area contributed by atoms with E-state index in [1.54, 1.807) is 6.20 Å². The molecule has 0 radical (unpaired) electrons. The fourth-order valence-corrected chi connectivity index (χ4v) is 11.5. The average Bonchev–Trinajstić information content (AvgIpc) is 3.38. The maximum atomic E-state index is 12.7. The number of aryl methyl sites for hydroxylation is 1. The van der Waals surface area contributed by atoms with Gasteiger partial charge in [0.05, 0.1) is 0 Å². The minimum absolute atomic E-state index is 0.155. The summed E-state index contributed by atoms with van der Waals surface area (Å²) in [5.41, 5.74) is 1.97. The number of amides is 1. The van der Waals surface area contributed by atoms with Gasteiger partial charge < -0.3 is 0 Å². The number of rotatable bonds is 6. The van der Waals surface area contributed by atoms with Gasteiger partial charge in [-0.25, -0.2) is 0 Å². The monoisotopic (exact) mass is 499 g/mol. The van der Waals surface area contributed by atoms with E-state index in [9.17, 15) is 9.90 Å². The molecule has 2 aliphatic heterocycles. The zero-order valence-corrected chi connectivity index (χ0v) is 19.9. The zero-order chi connectivity index (χ0) is 20.2. The third-order valence-corrected chi connectivity index (χ3v) is 13.8. The van der Waals surface area contributed by atoms with Gasteiger partial charge in [-0.2, -0.15) is 0 Å². The van der Waals surface area contributed by atoms with Crippen molar-refractivity contribution in [2.75, 3.05) is 24.0 Å². The molecule has 152 valence electrons. The van der Waals surface area contributed by atoms with E-state index in [2.05, 4.69) is 20.2 Å². The molecule has 4 rings (SSSR count). The second-order valence-corrected chi connectivity index (χ2v) is 15.3. The first-order valence-electron chi connectivity index (χ1n) is 10.2. The van der Waals surface area contributed by atoms with Gasteiger partial charge in [-0.05, 0) is 0 Å². The van der Waals surface area contributed by atoms with Gasteiger partial charge in [-0.15, -0.1) is 0 Å². The number of hydrogen-bond donors (Lipinski definition) is 2. The number of hydrogen-bond acceptors (Lipinski definition) is 7. The van der Waals surface area contributed by atoms with Crippen molar-refractivity contribution >= 4 is 33.8 Å². The van der Waals surface area contributed by atoms with Crippen molar-refractivity contribution in [3.63, 3.8) is 0 Å². The molecule has 0 saturated carbocycles. The Kier molecular flexibility index (Phi) is 6.67. The molecule has 2 atom stereocenters. The Morgan fingerprint density at radius 1 is 1.48 bits per heavy atom. The molecule has 2 N–H and O–H groups in total. The molecular formula is C20H26InN5O3. The molecule has 1 amide bonds. The molecule has 0 aliphatic carbocycles. The third-order valence-electron chi connectivity index (χ3n) is 5.62. The number of nitrogens with zero attached hydrogens (tertiary/aromatic N) is 4. The fourth-order valence-electron chi connectivity index (χ4n) is 4.06. The van der Waals surface area contributed by atoms with Crippen LogP contribution in [0.25, 0.3) is 11.5 Å². The van der Waals surface area contributed by atoms with Crippen molar-refractivity contribution < 1.29 is 14.3 Å². The van der Waals surface area contributed by atoms with Crippen molar-refractivity contribution in [2.45, 2.75) is 30.0 Å². The number of likely N-dealkylation sites (tertiary alicyclic amines) is 1. The molecule has 4 heterocycles. The van der Waals surface area contributed by atoms with E-state index in [-0.39, 0.29) is 16.3 Å². The number of aliphatic hydroxyl groups is 1. The van der Waals surface area contributed by atoms with Crippen molar-refractivity contribution in [3.8, 4) is 11.5 Å². The standard InChI is InChI=1S/C13H12N4O2.C7H14NO.In/c1-9-7-10(3-6-15-9)13-17-11(8-19-13)12(18)16-5-2-4-14;1-8-4-2-3-7(5-8)6-9;/h3-8H,2H2,1H3,(H,16,18);7,9H,1-6H2;/q-1;;+1. The van der Waals surface area contributed by atoms with Gasteiger partial charge in [0.1, 0.15) is 0 Å². The number of nitrogens with one attached hydrogen (secondary N) is 1. The molecule has 8 nitrogen and oxygen atoms in total. The van der Waals surface area contributed by atoms with E-state index in [1.165, 1.54) is 6.26 Å². The molecule has 29 heavy (non-hydrogen) atoms. The second kappa shape index (κ2) is 9.40. The van der Waals surface area contributed by atoms with E-state index in [1.807, 2.05) is 25.3 Å². The van der Waals surface area contributed by atoms with Crippen LogP contribution in [0.4, 0.5) is 0 Å². The Bertz CT molecular complexity index is 887. The van der Waals surface area contributed by atoms with Crippen LogP contribution in [0.1, 0.15) is 35.4 Å².